The molecule has 6 nitrogen and oxygen atoms in total. The maximum absolute atomic E-state index is 12.1. The minimum absolute atomic E-state index is 0.00250. The van der Waals surface area contributed by atoms with Crippen molar-refractivity contribution in [1.82, 2.24) is 5.32 Å². The molecule has 7 heteroatoms. The van der Waals surface area contributed by atoms with Crippen molar-refractivity contribution in [2.75, 3.05) is 22.9 Å². The minimum atomic E-state index is -3.40. The quantitative estimate of drug-likeness (QED) is 0.756. The van der Waals surface area contributed by atoms with Crippen LogP contribution in [0.5, 0.6) is 0 Å². The molecule has 1 aromatic rings. The largest absolute Gasteiger partial charge is 0.335 e. The van der Waals surface area contributed by atoms with Crippen molar-refractivity contribution >= 4 is 27.4 Å². The standard InChI is InChI=1S/C15H23N3O3S/c1-5-9-12(6-2)16-15(19)17-13-10-7-8-11-14(13)18(3)22(4,20)21/h5,7-8,10-12H,1,6,9H2,2-4H3,(H2,16,17,19). The summed E-state index contributed by atoms with van der Waals surface area (Å²) in [7, 11) is -1.96. The highest BCUT2D eigenvalue weighted by atomic mass is 32.2. The molecule has 2 N–H and O–H groups in total. The summed E-state index contributed by atoms with van der Waals surface area (Å²) in [6.45, 7) is 5.63. The number of carbonyl (C=O) groups excluding carboxylic acids is 1. The molecule has 0 radical (unpaired) electrons. The topological polar surface area (TPSA) is 78.5 Å². The fourth-order valence-electron chi connectivity index (χ4n) is 1.91. The molecule has 0 bridgehead atoms. The lowest BCUT2D eigenvalue weighted by molar-refractivity contribution is 0.248. The second-order valence-corrected chi connectivity index (χ2v) is 6.99. The van der Waals surface area contributed by atoms with E-state index in [0.29, 0.717) is 17.8 Å². The Morgan fingerprint density at radius 1 is 1.41 bits per heavy atom. The van der Waals surface area contributed by atoms with Gasteiger partial charge in [0.25, 0.3) is 0 Å². The third-order valence-corrected chi connectivity index (χ3v) is 4.46. The summed E-state index contributed by atoms with van der Waals surface area (Å²) in [6.07, 6.45) is 4.32. The van der Waals surface area contributed by atoms with Crippen LogP contribution in [-0.2, 0) is 10.0 Å². The van der Waals surface area contributed by atoms with Crippen molar-refractivity contribution in [2.24, 2.45) is 0 Å². The van der Waals surface area contributed by atoms with Crippen LogP contribution >= 0.6 is 0 Å². The van der Waals surface area contributed by atoms with E-state index in [1.165, 1.54) is 7.05 Å². The maximum Gasteiger partial charge on any atom is 0.319 e. The van der Waals surface area contributed by atoms with Gasteiger partial charge in [0.05, 0.1) is 17.6 Å². The van der Waals surface area contributed by atoms with Crippen molar-refractivity contribution in [2.45, 2.75) is 25.8 Å². The molecule has 1 aromatic carbocycles. The number of hydrogen-bond donors (Lipinski definition) is 2. The Labute approximate surface area is 132 Å². The number of benzene rings is 1. The summed E-state index contributed by atoms with van der Waals surface area (Å²) in [5.41, 5.74) is 0.846. The molecule has 2 amide bonds. The van der Waals surface area contributed by atoms with Crippen LogP contribution < -0.4 is 14.9 Å². The number of hydrogen-bond acceptors (Lipinski definition) is 3. The van der Waals surface area contributed by atoms with Gasteiger partial charge in [-0.15, -0.1) is 6.58 Å². The van der Waals surface area contributed by atoms with Crippen LogP contribution in [0.3, 0.4) is 0 Å². The van der Waals surface area contributed by atoms with Crippen LogP contribution in [0, 0.1) is 0 Å². The smallest absolute Gasteiger partial charge is 0.319 e. The van der Waals surface area contributed by atoms with Crippen molar-refractivity contribution in [3.05, 3.63) is 36.9 Å². The molecule has 0 aromatic heterocycles. The van der Waals surface area contributed by atoms with Gasteiger partial charge >= 0.3 is 6.03 Å². The minimum Gasteiger partial charge on any atom is -0.335 e. The van der Waals surface area contributed by atoms with Crippen LogP contribution in [0.25, 0.3) is 0 Å². The van der Waals surface area contributed by atoms with E-state index in [4.69, 9.17) is 0 Å². The van der Waals surface area contributed by atoms with Gasteiger partial charge in [-0.25, -0.2) is 13.2 Å². The monoisotopic (exact) mass is 325 g/mol. The zero-order valence-corrected chi connectivity index (χ0v) is 14.0. The normalized spacial score (nSPS) is 12.3. The fourth-order valence-corrected chi connectivity index (χ4v) is 2.42. The van der Waals surface area contributed by atoms with Gasteiger partial charge in [-0.1, -0.05) is 25.1 Å². The Kier molecular flexibility index (Phi) is 6.42. The molecule has 0 aliphatic rings. The molecule has 0 spiro atoms. The van der Waals surface area contributed by atoms with Crippen molar-refractivity contribution in [1.29, 1.82) is 0 Å². The van der Waals surface area contributed by atoms with Gasteiger partial charge in [-0.2, -0.15) is 0 Å². The lowest BCUT2D eigenvalue weighted by Crippen LogP contribution is -2.37. The summed E-state index contributed by atoms with van der Waals surface area (Å²) in [4.78, 5) is 12.1. The Morgan fingerprint density at radius 3 is 2.59 bits per heavy atom. The SMILES string of the molecule is C=CCC(CC)NC(=O)Nc1ccccc1N(C)S(C)(=O)=O. The van der Waals surface area contributed by atoms with Gasteiger partial charge in [0, 0.05) is 13.1 Å². The van der Waals surface area contributed by atoms with Gasteiger partial charge in [0.15, 0.2) is 0 Å². The number of nitrogens with one attached hydrogen (secondary N) is 2. The predicted molar refractivity (Wildman–Crippen MR) is 90.7 cm³/mol. The van der Waals surface area contributed by atoms with Crippen LogP contribution in [0.15, 0.2) is 36.9 Å². The van der Waals surface area contributed by atoms with E-state index in [-0.39, 0.29) is 12.1 Å². The third-order valence-electron chi connectivity index (χ3n) is 3.27. The molecule has 0 saturated heterocycles. The number of para-hydroxylation sites is 2. The molecule has 1 atom stereocenters. The second-order valence-electron chi connectivity index (χ2n) is 4.98. The fraction of sp³-hybridized carbons (Fsp3) is 0.400. The van der Waals surface area contributed by atoms with E-state index < -0.39 is 10.0 Å². The van der Waals surface area contributed by atoms with Crippen LogP contribution in [0.1, 0.15) is 19.8 Å². The summed E-state index contributed by atoms with van der Waals surface area (Å²) < 4.78 is 24.5. The molecule has 22 heavy (non-hydrogen) atoms. The number of nitrogens with zero attached hydrogens (tertiary/aromatic N) is 1. The van der Waals surface area contributed by atoms with E-state index in [2.05, 4.69) is 17.2 Å². The number of carbonyl (C=O) groups is 1. The first-order chi connectivity index (χ1) is 10.3. The lowest BCUT2D eigenvalue weighted by Gasteiger charge is -2.21. The third kappa shape index (κ3) is 5.07. The first kappa shape index (κ1) is 18.0. The predicted octanol–water partition coefficient (Wildman–Crippen LogP) is 2.56. The van der Waals surface area contributed by atoms with Crippen LogP contribution in [0.2, 0.25) is 0 Å². The Morgan fingerprint density at radius 2 is 2.05 bits per heavy atom. The Balaban J connectivity index is 2.90. The van der Waals surface area contributed by atoms with Gasteiger partial charge in [0.1, 0.15) is 0 Å². The van der Waals surface area contributed by atoms with Crippen molar-refractivity contribution in [3.63, 3.8) is 0 Å². The van der Waals surface area contributed by atoms with Gasteiger partial charge in [-0.05, 0) is 25.0 Å². The Bertz CT molecular complexity index is 629. The molecule has 0 fully saturated rings. The Hall–Kier alpha value is -2.02. The molecule has 1 rings (SSSR count). The highest BCUT2D eigenvalue weighted by Crippen LogP contribution is 2.26. The second kappa shape index (κ2) is 7.84. The molecular formula is C15H23N3O3S. The zero-order chi connectivity index (χ0) is 16.8. The molecule has 0 aliphatic carbocycles. The van der Waals surface area contributed by atoms with Crippen molar-refractivity contribution in [3.8, 4) is 0 Å². The van der Waals surface area contributed by atoms with E-state index in [1.807, 2.05) is 6.92 Å². The van der Waals surface area contributed by atoms with Crippen molar-refractivity contribution < 1.29 is 13.2 Å². The molecular weight excluding hydrogens is 302 g/mol. The zero-order valence-electron chi connectivity index (χ0n) is 13.2. The molecule has 0 aliphatic heterocycles. The van der Waals surface area contributed by atoms with Gasteiger partial charge < -0.3 is 10.6 Å². The lowest BCUT2D eigenvalue weighted by atomic mass is 10.1. The average molecular weight is 325 g/mol. The van der Waals surface area contributed by atoms with Crippen LogP contribution in [0.4, 0.5) is 16.2 Å². The molecule has 0 heterocycles. The summed E-state index contributed by atoms with van der Waals surface area (Å²) in [5, 5.41) is 5.53. The molecule has 0 saturated carbocycles. The first-order valence-corrected chi connectivity index (χ1v) is 8.85. The number of amides is 2. The number of urea groups is 1. The first-order valence-electron chi connectivity index (χ1n) is 7.01. The van der Waals surface area contributed by atoms with E-state index in [0.717, 1.165) is 17.0 Å². The highest BCUT2D eigenvalue weighted by Gasteiger charge is 2.17. The van der Waals surface area contributed by atoms with Crippen LogP contribution in [-0.4, -0.2) is 33.8 Å². The maximum atomic E-state index is 12.1. The van der Waals surface area contributed by atoms with E-state index in [1.54, 1.807) is 30.3 Å². The highest BCUT2D eigenvalue weighted by molar-refractivity contribution is 7.92. The number of rotatable bonds is 7. The van der Waals surface area contributed by atoms with Gasteiger partial charge in [0.2, 0.25) is 10.0 Å². The summed E-state index contributed by atoms with van der Waals surface area (Å²) >= 11 is 0. The molecule has 122 valence electrons. The number of sulfonamides is 1. The number of anilines is 2. The summed E-state index contributed by atoms with van der Waals surface area (Å²) in [5.74, 6) is 0. The molecule has 1 unspecified atom stereocenters. The van der Waals surface area contributed by atoms with E-state index >= 15 is 0 Å². The summed E-state index contributed by atoms with van der Waals surface area (Å²) in [6, 6.07) is 6.37. The average Bonchev–Trinajstić information content (AvgIpc) is 2.45. The van der Waals surface area contributed by atoms with Gasteiger partial charge in [-0.3, -0.25) is 4.31 Å². The van der Waals surface area contributed by atoms with E-state index in [9.17, 15) is 13.2 Å².